The minimum atomic E-state index is -4.69. The Morgan fingerprint density at radius 2 is 1.30 bits per heavy atom. The molecule has 10 heavy (non-hydrogen) atoms. The molecule has 0 rings (SSSR count). The van der Waals surface area contributed by atoms with E-state index in [0.717, 1.165) is 0 Å². The van der Waals surface area contributed by atoms with Crippen LogP contribution in [0.15, 0.2) is 0 Å². The quantitative estimate of drug-likeness (QED) is 0.256. The van der Waals surface area contributed by atoms with Gasteiger partial charge in [-0.1, -0.05) is 0 Å². The van der Waals surface area contributed by atoms with Crippen LogP contribution in [0.5, 0.6) is 0 Å². The molecule has 1 radical (unpaired) electrons. The van der Waals surface area contributed by atoms with E-state index in [9.17, 15) is 0 Å². The average Bonchev–Trinajstić information content (AvgIpc) is 1.19. The first-order valence-electron chi connectivity index (χ1n) is 1.20. The van der Waals surface area contributed by atoms with Crippen LogP contribution in [0.25, 0.3) is 0 Å². The Morgan fingerprint density at radius 1 is 1.30 bits per heavy atom. The fourth-order valence-electron chi connectivity index (χ4n) is 0. The summed E-state index contributed by atoms with van der Waals surface area (Å²) in [6.07, 6.45) is 0. The zero-order valence-electron chi connectivity index (χ0n) is 4.06. The van der Waals surface area contributed by atoms with Crippen molar-refractivity contribution in [2.45, 2.75) is 0 Å². The van der Waals surface area contributed by atoms with Crippen LogP contribution in [0.4, 0.5) is 0 Å². The van der Waals surface area contributed by atoms with E-state index in [4.69, 9.17) is 34.0 Å². The van der Waals surface area contributed by atoms with Crippen molar-refractivity contribution in [3.05, 3.63) is 10.1 Å². The zero-order chi connectivity index (χ0) is 8.08. The summed E-state index contributed by atoms with van der Waals surface area (Å²) in [5.74, 6) is 0. The monoisotopic (exact) mass is 270 g/mol. The van der Waals surface area contributed by atoms with Crippen molar-refractivity contribution in [1.29, 1.82) is 0 Å². The zero-order valence-corrected chi connectivity index (χ0v) is 6.30. The smallest absolute Gasteiger partial charge is 0.291 e. The van der Waals surface area contributed by atoms with Crippen LogP contribution in [0.3, 0.4) is 0 Å². The van der Waals surface area contributed by atoms with Gasteiger partial charge in [-0.3, -0.25) is 0 Å². The van der Waals surface area contributed by atoms with Gasteiger partial charge >= 0.3 is 0 Å². The van der Waals surface area contributed by atoms with E-state index >= 15 is 0 Å². The van der Waals surface area contributed by atoms with E-state index in [-0.39, 0.29) is 22.4 Å². The van der Waals surface area contributed by atoms with Crippen LogP contribution in [0.2, 0.25) is 0 Å². The normalized spacial score (nSPS) is 8.40. The fraction of sp³-hybridized carbons (Fsp3) is 0. The predicted molar refractivity (Wildman–Crippen MR) is 11.0 cm³/mol. The second-order valence-electron chi connectivity index (χ2n) is 0.634. The summed E-state index contributed by atoms with van der Waals surface area (Å²) < 4.78 is 32.7. The Hall–Kier alpha value is 0.0703. The Bertz CT molecular complexity index is 76.1. The molecule has 0 spiro atoms. The summed E-state index contributed by atoms with van der Waals surface area (Å²) in [6.45, 7) is 0. The topological polar surface area (TPSA) is 153 Å². The number of halogens is 1. The molecule has 0 aromatic carbocycles. The SMILES string of the molecule is O=[N+]([O-])O.[Ag].[O-][Cl+3]([O-])([O-])O. The Labute approximate surface area is 72.1 Å². The molecule has 0 saturated heterocycles. The first-order chi connectivity index (χ1) is 3.73. The average molecular weight is 271 g/mol. The number of rotatable bonds is 0. The molecule has 0 fully saturated rings. The van der Waals surface area contributed by atoms with Gasteiger partial charge in [0, 0.05) is 22.4 Å². The van der Waals surface area contributed by atoms with Gasteiger partial charge in [0.15, 0.2) is 0 Å². The third kappa shape index (κ3) is 81700. The third-order valence-corrected chi connectivity index (χ3v) is 0. The Balaban J connectivity index is -0.0000000910. The first kappa shape index (κ1) is 16.6. The van der Waals surface area contributed by atoms with Crippen molar-refractivity contribution in [3.63, 3.8) is 0 Å². The predicted octanol–water partition coefficient (Wildman–Crippen LogP) is -4.47. The van der Waals surface area contributed by atoms with Gasteiger partial charge in [0.05, 0.1) is 14.9 Å². The van der Waals surface area contributed by atoms with Gasteiger partial charge < -0.3 is 5.21 Å². The molecule has 0 aliphatic carbocycles. The maximum atomic E-state index is 8.60. The van der Waals surface area contributed by atoms with Crippen LogP contribution in [0.1, 0.15) is 0 Å². The standard InChI is InChI=1S/Ag.ClHO4.HNO3/c;2-1(3,4)5;2-1(3)4/h;(H,2,3,4,5);(H,2,3,4). The van der Waals surface area contributed by atoms with Crippen molar-refractivity contribution in [2.75, 3.05) is 0 Å². The molecule has 0 aromatic heterocycles. The van der Waals surface area contributed by atoms with Gasteiger partial charge in [-0.15, -0.1) is 10.1 Å². The summed E-state index contributed by atoms with van der Waals surface area (Å²) in [5, 5.41) is 13.6. The molecule has 0 unspecified atom stereocenters. The van der Waals surface area contributed by atoms with Crippen molar-refractivity contribution < 1.29 is 61.6 Å². The molecule has 0 aliphatic heterocycles. The maximum Gasteiger partial charge on any atom is 0.291 e. The molecule has 0 saturated carbocycles. The van der Waals surface area contributed by atoms with Crippen LogP contribution >= 0.6 is 0 Å². The third-order valence-electron chi connectivity index (χ3n) is 0. The molecule has 0 atom stereocenters. The fourth-order valence-corrected chi connectivity index (χ4v) is 0. The maximum absolute atomic E-state index is 8.60. The summed E-state index contributed by atoms with van der Waals surface area (Å²) in [5.41, 5.74) is 0. The van der Waals surface area contributed by atoms with Crippen LogP contribution < -0.4 is 14.0 Å². The Kier molecular flexibility index (Phi) is 11.9. The van der Waals surface area contributed by atoms with Crippen LogP contribution in [-0.4, -0.2) is 15.0 Å². The van der Waals surface area contributed by atoms with Crippen molar-refractivity contribution in [1.82, 2.24) is 0 Å². The summed E-state index contributed by atoms with van der Waals surface area (Å²) in [6, 6.07) is 0. The van der Waals surface area contributed by atoms with Crippen LogP contribution in [0, 0.1) is 20.4 Å². The number of nitrogens with zero attached hydrogens (tertiary/aromatic N) is 1. The van der Waals surface area contributed by atoms with Crippen molar-refractivity contribution >= 4 is 0 Å². The van der Waals surface area contributed by atoms with Gasteiger partial charge in [-0.25, -0.2) is 0 Å². The largest absolute Gasteiger partial charge is 0.328 e. The van der Waals surface area contributed by atoms with Gasteiger partial charge in [-0.05, 0) is 0 Å². The molecular formula is H2AgClNO7. The molecule has 0 amide bonds. The second kappa shape index (κ2) is 7.18. The second-order valence-corrected chi connectivity index (χ2v) is 1.43. The van der Waals surface area contributed by atoms with E-state index < -0.39 is 15.3 Å². The summed E-state index contributed by atoms with van der Waals surface area (Å²) in [7, 11) is -4.69. The van der Waals surface area contributed by atoms with E-state index in [1.165, 1.54) is 0 Å². The molecule has 67 valence electrons. The molecule has 10 heteroatoms. The molecule has 0 bridgehead atoms. The molecular weight excluding hydrogens is 269 g/mol. The number of hydrogen-bond donors (Lipinski definition) is 2. The van der Waals surface area contributed by atoms with Crippen LogP contribution in [-0.2, 0) is 22.4 Å². The minimum absolute atomic E-state index is 0. The van der Waals surface area contributed by atoms with Gasteiger partial charge in [0.1, 0.15) is 0 Å². The number of hydrogen-bond acceptors (Lipinski definition) is 6. The van der Waals surface area contributed by atoms with Crippen molar-refractivity contribution in [3.8, 4) is 0 Å². The molecule has 0 aromatic rings. The van der Waals surface area contributed by atoms with Gasteiger partial charge in [0.25, 0.3) is 5.09 Å². The first-order valence-corrected chi connectivity index (χ1v) is 2.46. The minimum Gasteiger partial charge on any atom is -0.328 e. The Morgan fingerprint density at radius 3 is 1.30 bits per heavy atom. The molecule has 0 heterocycles. The van der Waals surface area contributed by atoms with Gasteiger partial charge in [-0.2, -0.15) is 14.0 Å². The van der Waals surface area contributed by atoms with E-state index in [1.54, 1.807) is 0 Å². The molecule has 2 N–H and O–H groups in total. The summed E-state index contributed by atoms with van der Waals surface area (Å²) >= 11 is 0. The van der Waals surface area contributed by atoms with E-state index in [2.05, 4.69) is 0 Å². The summed E-state index contributed by atoms with van der Waals surface area (Å²) in [4.78, 5) is 8.36. The molecule has 8 nitrogen and oxygen atoms in total. The van der Waals surface area contributed by atoms with Gasteiger partial charge in [0.2, 0.25) is 0 Å². The van der Waals surface area contributed by atoms with E-state index in [0.29, 0.717) is 0 Å². The van der Waals surface area contributed by atoms with E-state index in [1.807, 2.05) is 0 Å². The van der Waals surface area contributed by atoms with Crippen molar-refractivity contribution in [2.24, 2.45) is 0 Å². The molecule has 0 aliphatic rings.